The van der Waals surface area contributed by atoms with E-state index in [0.29, 0.717) is 12.7 Å². The Balaban J connectivity index is 2.06. The van der Waals surface area contributed by atoms with Gasteiger partial charge < -0.3 is 4.42 Å². The standard InChI is InChI=1S/C12H13NO4S2/c1-9(7-11-3-2-6-18-11)13-19(15,16)12-5-4-10(8-14)17-12/h2-6,8-9,13H,7H2,1H3. The summed E-state index contributed by atoms with van der Waals surface area (Å²) in [4.78, 5) is 11.6. The van der Waals surface area contributed by atoms with Crippen LogP contribution in [0.3, 0.4) is 0 Å². The molecule has 0 saturated carbocycles. The van der Waals surface area contributed by atoms with Gasteiger partial charge in [0.25, 0.3) is 10.0 Å². The normalized spacial score (nSPS) is 13.3. The maximum atomic E-state index is 12.0. The molecule has 0 aliphatic heterocycles. The Morgan fingerprint density at radius 2 is 2.21 bits per heavy atom. The van der Waals surface area contributed by atoms with E-state index >= 15 is 0 Å². The molecule has 1 atom stereocenters. The molecule has 0 spiro atoms. The predicted molar refractivity (Wildman–Crippen MR) is 71.9 cm³/mol. The van der Waals surface area contributed by atoms with E-state index in [1.807, 2.05) is 17.5 Å². The zero-order chi connectivity index (χ0) is 13.9. The van der Waals surface area contributed by atoms with E-state index in [9.17, 15) is 13.2 Å². The summed E-state index contributed by atoms with van der Waals surface area (Å²) in [5.41, 5.74) is 0. The molecule has 0 saturated heterocycles. The van der Waals surface area contributed by atoms with Crippen LogP contribution in [0.1, 0.15) is 22.4 Å². The van der Waals surface area contributed by atoms with E-state index in [4.69, 9.17) is 4.42 Å². The fourth-order valence-corrected chi connectivity index (χ4v) is 3.65. The lowest BCUT2D eigenvalue weighted by Crippen LogP contribution is -2.33. The van der Waals surface area contributed by atoms with E-state index in [-0.39, 0.29) is 16.9 Å². The molecule has 0 bridgehead atoms. The number of hydrogen-bond donors (Lipinski definition) is 1. The van der Waals surface area contributed by atoms with Crippen LogP contribution in [0.5, 0.6) is 0 Å². The van der Waals surface area contributed by atoms with Gasteiger partial charge in [0.05, 0.1) is 0 Å². The molecule has 102 valence electrons. The first kappa shape index (κ1) is 14.0. The zero-order valence-electron chi connectivity index (χ0n) is 10.2. The Labute approximate surface area is 115 Å². The molecule has 2 aromatic heterocycles. The second-order valence-electron chi connectivity index (χ2n) is 4.08. The average molecular weight is 299 g/mol. The van der Waals surface area contributed by atoms with Crippen LogP contribution in [0.4, 0.5) is 0 Å². The lowest BCUT2D eigenvalue weighted by molar-refractivity contribution is 0.109. The van der Waals surface area contributed by atoms with E-state index in [1.165, 1.54) is 12.1 Å². The Morgan fingerprint density at radius 3 is 2.79 bits per heavy atom. The molecule has 0 radical (unpaired) electrons. The molecule has 0 fully saturated rings. The fourth-order valence-electron chi connectivity index (χ4n) is 1.64. The summed E-state index contributed by atoms with van der Waals surface area (Å²) in [5, 5.41) is 1.70. The van der Waals surface area contributed by atoms with Gasteiger partial charge in [-0.15, -0.1) is 11.3 Å². The van der Waals surface area contributed by atoms with Crippen molar-refractivity contribution >= 4 is 27.6 Å². The van der Waals surface area contributed by atoms with Gasteiger partial charge in [-0.2, -0.15) is 0 Å². The second kappa shape index (κ2) is 5.68. The molecule has 5 nitrogen and oxygen atoms in total. The van der Waals surface area contributed by atoms with Crippen molar-refractivity contribution in [2.24, 2.45) is 0 Å². The van der Waals surface area contributed by atoms with Gasteiger partial charge in [0, 0.05) is 10.9 Å². The topological polar surface area (TPSA) is 76.4 Å². The molecular weight excluding hydrogens is 286 g/mol. The molecule has 19 heavy (non-hydrogen) atoms. The largest absolute Gasteiger partial charge is 0.440 e. The first-order chi connectivity index (χ1) is 9.01. The van der Waals surface area contributed by atoms with E-state index in [2.05, 4.69) is 4.72 Å². The van der Waals surface area contributed by atoms with E-state index < -0.39 is 10.0 Å². The van der Waals surface area contributed by atoms with Gasteiger partial charge >= 0.3 is 0 Å². The van der Waals surface area contributed by atoms with Crippen LogP contribution in [-0.2, 0) is 16.4 Å². The third-order valence-electron chi connectivity index (χ3n) is 2.43. The highest BCUT2D eigenvalue weighted by molar-refractivity contribution is 7.89. The Kier molecular flexibility index (Phi) is 4.18. The molecule has 0 aromatic carbocycles. The first-order valence-corrected chi connectivity index (χ1v) is 7.97. The zero-order valence-corrected chi connectivity index (χ0v) is 11.8. The highest BCUT2D eigenvalue weighted by Crippen LogP contribution is 2.15. The summed E-state index contributed by atoms with van der Waals surface area (Å²) in [7, 11) is -3.72. The number of aldehydes is 1. The summed E-state index contributed by atoms with van der Waals surface area (Å²) in [6, 6.07) is 6.21. The molecule has 1 unspecified atom stereocenters. The van der Waals surface area contributed by atoms with E-state index in [0.717, 1.165) is 4.88 Å². The molecule has 7 heteroatoms. The molecule has 2 aromatic rings. The molecule has 0 aliphatic rings. The smallest absolute Gasteiger partial charge is 0.274 e. The van der Waals surface area contributed by atoms with Crippen molar-refractivity contribution in [1.29, 1.82) is 0 Å². The number of carbonyl (C=O) groups is 1. The van der Waals surface area contributed by atoms with E-state index in [1.54, 1.807) is 18.3 Å². The molecule has 2 heterocycles. The van der Waals surface area contributed by atoms with Crippen molar-refractivity contribution in [1.82, 2.24) is 4.72 Å². The minimum atomic E-state index is -3.72. The summed E-state index contributed by atoms with van der Waals surface area (Å²) in [5.74, 6) is -0.00807. The van der Waals surface area contributed by atoms with Gasteiger partial charge in [-0.1, -0.05) is 6.07 Å². The van der Waals surface area contributed by atoms with Crippen molar-refractivity contribution in [2.45, 2.75) is 24.5 Å². The lowest BCUT2D eigenvalue weighted by Gasteiger charge is -2.11. The van der Waals surface area contributed by atoms with Crippen LogP contribution in [0, 0.1) is 0 Å². The Bertz CT molecular complexity index is 643. The maximum Gasteiger partial charge on any atom is 0.274 e. The summed E-state index contributed by atoms with van der Waals surface area (Å²) < 4.78 is 31.4. The maximum absolute atomic E-state index is 12.0. The van der Waals surface area contributed by atoms with Crippen LogP contribution in [0.25, 0.3) is 0 Å². The molecular formula is C12H13NO4S2. The van der Waals surface area contributed by atoms with Crippen molar-refractivity contribution in [3.8, 4) is 0 Å². The lowest BCUT2D eigenvalue weighted by atomic mass is 10.2. The van der Waals surface area contributed by atoms with Crippen LogP contribution in [0.2, 0.25) is 0 Å². The summed E-state index contributed by atoms with van der Waals surface area (Å²) in [6.45, 7) is 1.78. The van der Waals surface area contributed by atoms with Gasteiger partial charge in [-0.25, -0.2) is 13.1 Å². The fraction of sp³-hybridized carbons (Fsp3) is 0.250. The summed E-state index contributed by atoms with van der Waals surface area (Å²) in [6.07, 6.45) is 1.08. The number of sulfonamides is 1. The Hall–Kier alpha value is -1.44. The highest BCUT2D eigenvalue weighted by Gasteiger charge is 2.21. The van der Waals surface area contributed by atoms with Crippen molar-refractivity contribution in [3.63, 3.8) is 0 Å². The van der Waals surface area contributed by atoms with Gasteiger partial charge in [0.2, 0.25) is 5.09 Å². The third-order valence-corrected chi connectivity index (χ3v) is 4.79. The second-order valence-corrected chi connectivity index (χ2v) is 6.76. The van der Waals surface area contributed by atoms with Gasteiger partial charge in [-0.05, 0) is 36.9 Å². The molecule has 1 N–H and O–H groups in total. The number of carbonyl (C=O) groups excluding carboxylic acids is 1. The van der Waals surface area contributed by atoms with Crippen molar-refractivity contribution < 1.29 is 17.6 Å². The number of furan rings is 1. The first-order valence-electron chi connectivity index (χ1n) is 5.61. The van der Waals surface area contributed by atoms with Crippen LogP contribution in [-0.4, -0.2) is 20.7 Å². The van der Waals surface area contributed by atoms with Gasteiger partial charge in [0.15, 0.2) is 12.0 Å². The third kappa shape index (κ3) is 3.52. The monoisotopic (exact) mass is 299 g/mol. The van der Waals surface area contributed by atoms with Crippen LogP contribution in [0.15, 0.2) is 39.2 Å². The van der Waals surface area contributed by atoms with Crippen molar-refractivity contribution in [2.75, 3.05) is 0 Å². The number of rotatable bonds is 6. The molecule has 2 rings (SSSR count). The summed E-state index contributed by atoms with van der Waals surface area (Å²) >= 11 is 1.58. The van der Waals surface area contributed by atoms with Crippen LogP contribution < -0.4 is 4.72 Å². The minimum absolute atomic E-state index is 0.00807. The van der Waals surface area contributed by atoms with Crippen molar-refractivity contribution in [3.05, 3.63) is 40.3 Å². The number of nitrogens with one attached hydrogen (secondary N) is 1. The predicted octanol–water partition coefficient (Wildman–Crippen LogP) is 2.06. The SMILES string of the molecule is CC(Cc1cccs1)NS(=O)(=O)c1ccc(C=O)o1. The Morgan fingerprint density at radius 1 is 1.42 bits per heavy atom. The van der Waals surface area contributed by atoms with Gasteiger partial charge in [0.1, 0.15) is 0 Å². The highest BCUT2D eigenvalue weighted by atomic mass is 32.2. The quantitative estimate of drug-likeness (QED) is 0.828. The number of hydrogen-bond acceptors (Lipinski definition) is 5. The van der Waals surface area contributed by atoms with Crippen LogP contribution >= 0.6 is 11.3 Å². The number of thiophene rings is 1. The molecule has 0 aliphatic carbocycles. The minimum Gasteiger partial charge on any atom is -0.440 e. The molecule has 0 amide bonds. The van der Waals surface area contributed by atoms with Gasteiger partial charge in [-0.3, -0.25) is 4.79 Å². The average Bonchev–Trinajstić information content (AvgIpc) is 2.97.